The molecule has 0 saturated carbocycles. The fourth-order valence-corrected chi connectivity index (χ4v) is 3.47. The van der Waals surface area contributed by atoms with Gasteiger partial charge in [-0.1, -0.05) is 0 Å². The van der Waals surface area contributed by atoms with Crippen molar-refractivity contribution in [2.24, 2.45) is 0 Å². The topological polar surface area (TPSA) is 123 Å². The first kappa shape index (κ1) is 23.1. The van der Waals surface area contributed by atoms with E-state index in [2.05, 4.69) is 20.1 Å². The molecule has 0 radical (unpaired) electrons. The summed E-state index contributed by atoms with van der Waals surface area (Å²) in [6.07, 6.45) is 0.0120. The predicted octanol–water partition coefficient (Wildman–Crippen LogP) is 1.73. The van der Waals surface area contributed by atoms with Crippen LogP contribution < -0.4 is 20.1 Å². The smallest absolute Gasteiger partial charge is 0.262 e. The normalized spacial score (nSPS) is 10.9. The molecule has 0 spiro atoms. The lowest BCUT2D eigenvalue weighted by atomic mass is 10.2. The number of halogens is 1. The lowest BCUT2D eigenvalue weighted by Gasteiger charge is -2.14. The van der Waals surface area contributed by atoms with Crippen molar-refractivity contribution in [3.8, 4) is 5.75 Å². The first-order valence-corrected chi connectivity index (χ1v) is 10.3. The van der Waals surface area contributed by atoms with E-state index in [0.717, 1.165) is 24.3 Å². The molecule has 0 aliphatic carbocycles. The van der Waals surface area contributed by atoms with Crippen LogP contribution in [0, 0.1) is 5.82 Å². The zero-order valence-corrected chi connectivity index (χ0v) is 17.2. The Morgan fingerprint density at radius 3 is 2.37 bits per heavy atom. The van der Waals surface area contributed by atoms with Crippen LogP contribution >= 0.6 is 0 Å². The van der Waals surface area contributed by atoms with Crippen molar-refractivity contribution >= 4 is 33.2 Å². The molecule has 11 heteroatoms. The predicted molar refractivity (Wildman–Crippen MR) is 108 cm³/mol. The highest BCUT2D eigenvalue weighted by molar-refractivity contribution is 7.92. The van der Waals surface area contributed by atoms with E-state index in [1.165, 1.54) is 32.4 Å². The van der Waals surface area contributed by atoms with E-state index in [1.807, 2.05) is 0 Å². The molecule has 2 amide bonds. The van der Waals surface area contributed by atoms with Crippen molar-refractivity contribution in [1.29, 1.82) is 0 Å². The molecule has 0 aliphatic heterocycles. The average Bonchev–Trinajstić information content (AvgIpc) is 2.68. The minimum atomic E-state index is -4.01. The van der Waals surface area contributed by atoms with Crippen LogP contribution in [0.1, 0.15) is 6.42 Å². The molecule has 0 bridgehead atoms. The number of rotatable bonds is 10. The third-order valence-corrected chi connectivity index (χ3v) is 5.18. The molecule has 0 atom stereocenters. The van der Waals surface area contributed by atoms with Crippen LogP contribution in [-0.4, -0.2) is 47.6 Å². The van der Waals surface area contributed by atoms with Gasteiger partial charge in [0.25, 0.3) is 10.0 Å². The summed E-state index contributed by atoms with van der Waals surface area (Å²) in [5.41, 5.74) is 0.411. The number of methoxy groups -OCH3 is 2. The molecule has 2 aromatic carbocycles. The molecule has 162 valence electrons. The summed E-state index contributed by atoms with van der Waals surface area (Å²) in [6, 6.07) is 8.75. The van der Waals surface area contributed by atoms with Crippen LogP contribution in [0.5, 0.6) is 5.75 Å². The Bertz CT molecular complexity index is 996. The molecule has 0 saturated heterocycles. The number of anilines is 2. The van der Waals surface area contributed by atoms with Crippen LogP contribution in [0.25, 0.3) is 0 Å². The Kier molecular flexibility index (Phi) is 8.13. The molecule has 3 N–H and O–H groups in total. The Balaban J connectivity index is 2.08. The highest BCUT2D eigenvalue weighted by Gasteiger charge is 2.17. The van der Waals surface area contributed by atoms with Crippen molar-refractivity contribution < 1.29 is 31.9 Å². The average molecular weight is 439 g/mol. The van der Waals surface area contributed by atoms with Crippen molar-refractivity contribution in [1.82, 2.24) is 5.32 Å². The van der Waals surface area contributed by atoms with Crippen LogP contribution in [0.15, 0.2) is 47.4 Å². The molecule has 0 unspecified atom stereocenters. The van der Waals surface area contributed by atoms with Gasteiger partial charge in [0, 0.05) is 25.8 Å². The molecular weight excluding hydrogens is 417 g/mol. The third-order valence-electron chi connectivity index (χ3n) is 3.80. The number of hydrogen-bond acceptors (Lipinski definition) is 6. The van der Waals surface area contributed by atoms with Crippen LogP contribution in [0.2, 0.25) is 0 Å². The van der Waals surface area contributed by atoms with Crippen molar-refractivity contribution in [2.75, 3.05) is 37.4 Å². The number of ether oxygens (including phenoxy) is 2. The summed E-state index contributed by atoms with van der Waals surface area (Å²) >= 11 is 0. The van der Waals surface area contributed by atoms with Crippen LogP contribution in [0.4, 0.5) is 15.8 Å². The Labute approximate surface area is 173 Å². The number of hydrogen-bond donors (Lipinski definition) is 3. The number of carbonyl (C=O) groups excluding carboxylic acids is 2. The largest absolute Gasteiger partial charge is 0.495 e. The summed E-state index contributed by atoms with van der Waals surface area (Å²) in [5, 5.41) is 5.13. The second kappa shape index (κ2) is 10.6. The minimum Gasteiger partial charge on any atom is -0.495 e. The van der Waals surface area contributed by atoms with Crippen LogP contribution in [0.3, 0.4) is 0 Å². The fraction of sp³-hybridized carbons (Fsp3) is 0.263. The fourth-order valence-electron chi connectivity index (χ4n) is 2.40. The highest BCUT2D eigenvalue weighted by Crippen LogP contribution is 2.30. The molecule has 0 aliphatic rings. The Morgan fingerprint density at radius 2 is 1.73 bits per heavy atom. The summed E-state index contributed by atoms with van der Waals surface area (Å²) < 4.78 is 50.3. The number of benzene rings is 2. The van der Waals surface area contributed by atoms with E-state index in [1.54, 1.807) is 0 Å². The summed E-state index contributed by atoms with van der Waals surface area (Å²) in [6.45, 7) is 0.0197. The van der Waals surface area contributed by atoms with E-state index in [-0.39, 0.29) is 47.7 Å². The van der Waals surface area contributed by atoms with Crippen molar-refractivity contribution in [3.63, 3.8) is 0 Å². The molecule has 0 heterocycles. The lowest BCUT2D eigenvalue weighted by molar-refractivity contribution is -0.124. The molecule has 2 rings (SSSR count). The lowest BCUT2D eigenvalue weighted by Crippen LogP contribution is -2.30. The Hall–Kier alpha value is -3.18. The maximum atomic E-state index is 13.1. The number of sulfonamides is 1. The third kappa shape index (κ3) is 6.71. The van der Waals surface area contributed by atoms with Gasteiger partial charge < -0.3 is 20.1 Å². The van der Waals surface area contributed by atoms with Gasteiger partial charge in [-0.05, 0) is 42.5 Å². The maximum absolute atomic E-state index is 13.1. The van der Waals surface area contributed by atoms with E-state index in [9.17, 15) is 22.4 Å². The number of carbonyl (C=O) groups is 2. The zero-order valence-electron chi connectivity index (χ0n) is 16.4. The molecule has 2 aromatic rings. The van der Waals surface area contributed by atoms with E-state index in [4.69, 9.17) is 4.74 Å². The second-order valence-corrected chi connectivity index (χ2v) is 7.74. The van der Waals surface area contributed by atoms with Crippen molar-refractivity contribution in [3.05, 3.63) is 48.3 Å². The Morgan fingerprint density at radius 1 is 1.03 bits per heavy atom. The van der Waals surface area contributed by atoms with Gasteiger partial charge in [-0.3, -0.25) is 14.3 Å². The first-order chi connectivity index (χ1) is 14.2. The van der Waals surface area contributed by atoms with Gasteiger partial charge in [0.2, 0.25) is 11.8 Å². The van der Waals surface area contributed by atoms with Gasteiger partial charge >= 0.3 is 0 Å². The molecule has 9 nitrogen and oxygen atoms in total. The van der Waals surface area contributed by atoms with Gasteiger partial charge in [-0.15, -0.1) is 0 Å². The maximum Gasteiger partial charge on any atom is 0.262 e. The van der Waals surface area contributed by atoms with Gasteiger partial charge in [0.05, 0.1) is 17.7 Å². The summed E-state index contributed by atoms with van der Waals surface area (Å²) in [5.74, 6) is -1.06. The van der Waals surface area contributed by atoms with Crippen LogP contribution in [-0.2, 0) is 24.3 Å². The standard InChI is InChI=1S/C19H22FN3O6S/c1-28-12-19(25)21-10-9-18(24)22-14-5-8-17(29-2)16(11-14)23-30(26,27)15-6-3-13(20)4-7-15/h3-8,11,23H,9-10,12H2,1-2H3,(H,21,25)(H,22,24). The summed E-state index contributed by atoms with van der Waals surface area (Å²) in [4.78, 5) is 23.2. The van der Waals surface area contributed by atoms with Crippen molar-refractivity contribution in [2.45, 2.75) is 11.3 Å². The van der Waals surface area contributed by atoms with E-state index < -0.39 is 15.8 Å². The SMILES string of the molecule is COCC(=O)NCCC(=O)Nc1ccc(OC)c(NS(=O)(=O)c2ccc(F)cc2)c1. The van der Waals surface area contributed by atoms with Gasteiger partial charge in [-0.25, -0.2) is 12.8 Å². The number of nitrogens with one attached hydrogen (secondary N) is 3. The summed E-state index contributed by atoms with van der Waals surface area (Å²) in [7, 11) is -1.25. The monoisotopic (exact) mass is 439 g/mol. The second-order valence-electron chi connectivity index (χ2n) is 6.06. The molecule has 0 aromatic heterocycles. The first-order valence-electron chi connectivity index (χ1n) is 8.77. The number of amides is 2. The van der Waals surface area contributed by atoms with Gasteiger partial charge in [0.1, 0.15) is 18.2 Å². The molecule has 30 heavy (non-hydrogen) atoms. The molecular formula is C19H22FN3O6S. The minimum absolute atomic E-state index is 0.0120. The van der Waals surface area contributed by atoms with Gasteiger partial charge in [0.15, 0.2) is 0 Å². The van der Waals surface area contributed by atoms with E-state index >= 15 is 0 Å². The molecule has 0 fully saturated rings. The highest BCUT2D eigenvalue weighted by atomic mass is 32.2. The zero-order chi connectivity index (χ0) is 22.1. The van der Waals surface area contributed by atoms with Gasteiger partial charge in [-0.2, -0.15) is 0 Å². The quantitative estimate of drug-likeness (QED) is 0.518. The van der Waals surface area contributed by atoms with E-state index in [0.29, 0.717) is 5.69 Å².